The molecule has 0 spiro atoms. The molecule has 1 aliphatic rings. The van der Waals surface area contributed by atoms with Crippen LogP contribution in [0, 0.1) is 0 Å². The maximum atomic E-state index is 12.8. The number of Topliss-reactive ketones (excluding diaryl/α,β-unsaturated/α-hetero) is 1. The molecule has 2 heteroatoms. The van der Waals surface area contributed by atoms with Gasteiger partial charge in [0.25, 0.3) is 0 Å². The minimum absolute atomic E-state index is 0.252. The van der Waals surface area contributed by atoms with Gasteiger partial charge in [-0.1, -0.05) is 44.0 Å². The van der Waals surface area contributed by atoms with E-state index in [1.165, 1.54) is 31.2 Å². The van der Waals surface area contributed by atoms with Crippen LogP contribution in [0.3, 0.4) is 0 Å². The Hall–Kier alpha value is -1.15. The Balaban J connectivity index is 2.15. The second-order valence-corrected chi connectivity index (χ2v) is 6.34. The van der Waals surface area contributed by atoms with Crippen molar-refractivity contribution in [3.8, 4) is 0 Å². The van der Waals surface area contributed by atoms with Crippen molar-refractivity contribution in [2.24, 2.45) is 0 Å². The van der Waals surface area contributed by atoms with E-state index in [1.54, 1.807) is 0 Å². The van der Waals surface area contributed by atoms with E-state index in [0.717, 1.165) is 25.1 Å². The summed E-state index contributed by atoms with van der Waals surface area (Å²) in [5, 5.41) is 0. The lowest BCUT2D eigenvalue weighted by Gasteiger charge is -2.36. The van der Waals surface area contributed by atoms with Crippen LogP contribution in [-0.4, -0.2) is 29.3 Å². The Bertz CT molecular complexity index is 439. The summed E-state index contributed by atoms with van der Waals surface area (Å²) in [6.45, 7) is 8.39. The third-order valence-corrected chi connectivity index (χ3v) is 4.58. The average Bonchev–Trinajstić information content (AvgIpc) is 2.76. The first-order chi connectivity index (χ1) is 9.55. The predicted molar refractivity (Wildman–Crippen MR) is 84.3 cm³/mol. The molecule has 0 amide bonds. The van der Waals surface area contributed by atoms with Gasteiger partial charge in [0, 0.05) is 5.56 Å². The molecule has 0 aliphatic carbocycles. The van der Waals surface area contributed by atoms with Crippen molar-refractivity contribution in [1.29, 1.82) is 0 Å². The van der Waals surface area contributed by atoms with Crippen LogP contribution >= 0.6 is 0 Å². The molecule has 1 fully saturated rings. The summed E-state index contributed by atoms with van der Waals surface area (Å²) in [6, 6.07) is 8.12. The quantitative estimate of drug-likeness (QED) is 0.770. The van der Waals surface area contributed by atoms with E-state index < -0.39 is 5.54 Å². The van der Waals surface area contributed by atoms with Gasteiger partial charge >= 0.3 is 0 Å². The van der Waals surface area contributed by atoms with Crippen molar-refractivity contribution in [2.75, 3.05) is 13.1 Å². The van der Waals surface area contributed by atoms with Crippen molar-refractivity contribution >= 4 is 5.78 Å². The van der Waals surface area contributed by atoms with E-state index >= 15 is 0 Å². The second kappa shape index (κ2) is 6.53. The fraction of sp³-hybridized carbons (Fsp3) is 0.611. The third-order valence-electron chi connectivity index (χ3n) is 4.58. The molecule has 0 atom stereocenters. The molecule has 0 aromatic heterocycles. The highest BCUT2D eigenvalue weighted by molar-refractivity contribution is 6.02. The van der Waals surface area contributed by atoms with E-state index in [1.807, 2.05) is 12.1 Å². The highest BCUT2D eigenvalue weighted by Gasteiger charge is 2.35. The highest BCUT2D eigenvalue weighted by atomic mass is 16.1. The van der Waals surface area contributed by atoms with Crippen LogP contribution in [0.4, 0.5) is 0 Å². The molecule has 2 nitrogen and oxygen atoms in total. The number of nitrogens with zero attached hydrogens (tertiary/aromatic N) is 1. The summed E-state index contributed by atoms with van der Waals surface area (Å²) < 4.78 is 0. The van der Waals surface area contributed by atoms with Crippen molar-refractivity contribution in [3.63, 3.8) is 0 Å². The number of ketones is 1. The molecule has 0 bridgehead atoms. The van der Waals surface area contributed by atoms with Crippen LogP contribution in [-0.2, 0) is 6.42 Å². The van der Waals surface area contributed by atoms with Gasteiger partial charge in [-0.25, -0.2) is 0 Å². The molecule has 0 N–H and O–H groups in total. The number of likely N-dealkylation sites (tertiary alicyclic amines) is 1. The zero-order valence-corrected chi connectivity index (χ0v) is 13.1. The first-order valence-corrected chi connectivity index (χ1v) is 7.94. The number of hydrogen-bond donors (Lipinski definition) is 0. The molecule has 1 aromatic rings. The van der Waals surface area contributed by atoms with E-state index in [9.17, 15) is 4.79 Å². The first-order valence-electron chi connectivity index (χ1n) is 7.94. The van der Waals surface area contributed by atoms with Crippen LogP contribution in [0.1, 0.15) is 62.4 Å². The van der Waals surface area contributed by atoms with Gasteiger partial charge in [0.1, 0.15) is 0 Å². The summed E-state index contributed by atoms with van der Waals surface area (Å²) in [5.41, 5.74) is 1.74. The van der Waals surface area contributed by atoms with E-state index in [-0.39, 0.29) is 5.78 Å². The van der Waals surface area contributed by atoms with Crippen LogP contribution in [0.15, 0.2) is 24.3 Å². The molecule has 0 unspecified atom stereocenters. The number of rotatable bonds is 4. The smallest absolute Gasteiger partial charge is 0.182 e. The molecule has 0 saturated carbocycles. The Kier molecular flexibility index (Phi) is 4.98. The van der Waals surface area contributed by atoms with Crippen LogP contribution in [0.5, 0.6) is 0 Å². The second-order valence-electron chi connectivity index (χ2n) is 6.34. The Morgan fingerprint density at radius 1 is 1.05 bits per heavy atom. The van der Waals surface area contributed by atoms with E-state index in [2.05, 4.69) is 37.8 Å². The van der Waals surface area contributed by atoms with Crippen molar-refractivity contribution in [3.05, 3.63) is 35.4 Å². The van der Waals surface area contributed by atoms with Crippen molar-refractivity contribution in [2.45, 2.75) is 58.4 Å². The molecule has 110 valence electrons. The Labute approximate surface area is 123 Å². The van der Waals surface area contributed by atoms with Gasteiger partial charge in [-0.2, -0.15) is 0 Å². The minimum Gasteiger partial charge on any atom is -0.292 e. The molecule has 1 heterocycles. The predicted octanol–water partition coefficient (Wildman–Crippen LogP) is 4.09. The van der Waals surface area contributed by atoms with Crippen LogP contribution in [0.2, 0.25) is 0 Å². The van der Waals surface area contributed by atoms with E-state index in [4.69, 9.17) is 0 Å². The summed E-state index contributed by atoms with van der Waals surface area (Å²) in [4.78, 5) is 15.2. The Morgan fingerprint density at radius 3 is 2.10 bits per heavy atom. The van der Waals surface area contributed by atoms with Gasteiger partial charge in [0.15, 0.2) is 5.78 Å². The van der Waals surface area contributed by atoms with Crippen molar-refractivity contribution < 1.29 is 4.79 Å². The topological polar surface area (TPSA) is 20.3 Å². The minimum atomic E-state index is -0.391. The molecule has 2 rings (SSSR count). The summed E-state index contributed by atoms with van der Waals surface area (Å²) in [7, 11) is 0. The normalized spacial score (nSPS) is 17.8. The highest BCUT2D eigenvalue weighted by Crippen LogP contribution is 2.24. The summed E-state index contributed by atoms with van der Waals surface area (Å²) in [5.74, 6) is 0.252. The van der Waals surface area contributed by atoms with Crippen LogP contribution in [0.25, 0.3) is 0 Å². The fourth-order valence-electron chi connectivity index (χ4n) is 3.02. The van der Waals surface area contributed by atoms with Crippen LogP contribution < -0.4 is 0 Å². The third kappa shape index (κ3) is 3.29. The number of hydrogen-bond acceptors (Lipinski definition) is 2. The molecule has 0 radical (unpaired) electrons. The number of benzene rings is 1. The Morgan fingerprint density at radius 2 is 1.60 bits per heavy atom. The lowest BCUT2D eigenvalue weighted by Crippen LogP contribution is -2.50. The average molecular weight is 273 g/mol. The van der Waals surface area contributed by atoms with Gasteiger partial charge in [0.2, 0.25) is 0 Å². The molecule has 20 heavy (non-hydrogen) atoms. The zero-order valence-electron chi connectivity index (χ0n) is 13.1. The number of carbonyl (C=O) groups excluding carboxylic acids is 1. The largest absolute Gasteiger partial charge is 0.292 e. The van der Waals surface area contributed by atoms with Gasteiger partial charge in [0.05, 0.1) is 5.54 Å². The lowest BCUT2D eigenvalue weighted by atomic mass is 9.90. The number of carbonyl (C=O) groups is 1. The lowest BCUT2D eigenvalue weighted by molar-refractivity contribution is 0.0649. The molecular weight excluding hydrogens is 246 g/mol. The number of aryl methyl sites for hydroxylation is 1. The maximum Gasteiger partial charge on any atom is 0.182 e. The summed E-state index contributed by atoms with van der Waals surface area (Å²) >= 11 is 0. The van der Waals surface area contributed by atoms with E-state index in [0.29, 0.717) is 0 Å². The van der Waals surface area contributed by atoms with Crippen molar-refractivity contribution in [1.82, 2.24) is 4.90 Å². The molecule has 1 aromatic carbocycles. The standard InChI is InChI=1S/C18H27NO/c1-4-15-9-11-16(12-10-15)17(20)18(2,3)19-13-7-5-6-8-14-19/h9-12H,4-8,13-14H2,1-3H3. The van der Waals surface area contributed by atoms with Gasteiger partial charge in [-0.15, -0.1) is 0 Å². The SMILES string of the molecule is CCc1ccc(C(=O)C(C)(C)N2CCCCCC2)cc1. The molecule has 1 saturated heterocycles. The summed E-state index contributed by atoms with van der Waals surface area (Å²) in [6.07, 6.45) is 6.04. The van der Waals surface area contributed by atoms with Gasteiger partial charge in [-0.3, -0.25) is 9.69 Å². The molecular formula is C18H27NO. The zero-order chi connectivity index (χ0) is 14.6. The first kappa shape index (κ1) is 15.2. The molecule has 1 aliphatic heterocycles. The van der Waals surface area contributed by atoms with Gasteiger partial charge in [-0.05, 0) is 51.8 Å². The monoisotopic (exact) mass is 273 g/mol. The maximum absolute atomic E-state index is 12.8. The fourth-order valence-corrected chi connectivity index (χ4v) is 3.02. The van der Waals surface area contributed by atoms with Gasteiger partial charge < -0.3 is 0 Å².